The Labute approximate surface area is 255 Å². The van der Waals surface area contributed by atoms with E-state index in [1.807, 2.05) is 38.7 Å². The Bertz CT molecular complexity index is 1240. The number of halogens is 2. The van der Waals surface area contributed by atoms with Crippen molar-refractivity contribution in [1.29, 1.82) is 0 Å². The molecule has 226 valence electrons. The van der Waals surface area contributed by atoms with Crippen molar-refractivity contribution in [2.45, 2.75) is 52.6 Å². The number of piperidine rings is 1. The van der Waals surface area contributed by atoms with Gasteiger partial charge in [0.05, 0.1) is 35.9 Å². The number of ether oxygens (including phenoxy) is 4. The van der Waals surface area contributed by atoms with Crippen molar-refractivity contribution < 1.29 is 23.7 Å². The largest absolute Gasteiger partial charge is 0.490 e. The quantitative estimate of drug-likeness (QED) is 0.348. The maximum Gasteiger partial charge on any atom is 0.410 e. The highest BCUT2D eigenvalue weighted by molar-refractivity contribution is 9.10. The summed E-state index contributed by atoms with van der Waals surface area (Å²) in [7, 11) is 0. The predicted molar refractivity (Wildman–Crippen MR) is 162 cm³/mol. The van der Waals surface area contributed by atoms with E-state index >= 15 is 0 Å². The Morgan fingerprint density at radius 2 is 1.83 bits per heavy atom. The maximum atomic E-state index is 12.5. The second-order valence-electron chi connectivity index (χ2n) is 12.1. The van der Waals surface area contributed by atoms with E-state index in [1.54, 1.807) is 0 Å². The molecule has 0 N–H and O–H groups in total. The lowest BCUT2D eigenvalue weighted by molar-refractivity contribution is -0.0434. The van der Waals surface area contributed by atoms with Crippen LogP contribution in [0.2, 0.25) is 5.02 Å². The molecule has 0 radical (unpaired) electrons. The molecule has 1 spiro atoms. The van der Waals surface area contributed by atoms with Gasteiger partial charge in [-0.1, -0.05) is 11.6 Å². The predicted octanol–water partition coefficient (Wildman–Crippen LogP) is 5.38. The van der Waals surface area contributed by atoms with Crippen molar-refractivity contribution in [3.63, 3.8) is 0 Å². The molecule has 41 heavy (non-hydrogen) atoms. The summed E-state index contributed by atoms with van der Waals surface area (Å²) >= 11 is 10.2. The third kappa shape index (κ3) is 7.12. The molecule has 1 aromatic carbocycles. The molecule has 12 heteroatoms. The van der Waals surface area contributed by atoms with E-state index < -0.39 is 5.60 Å². The summed E-state index contributed by atoms with van der Waals surface area (Å²) in [6.07, 6.45) is 2.55. The molecule has 1 amide bonds. The van der Waals surface area contributed by atoms with Crippen LogP contribution >= 0.6 is 27.5 Å². The number of carbonyl (C=O) groups is 1. The Morgan fingerprint density at radius 1 is 1.12 bits per heavy atom. The van der Waals surface area contributed by atoms with Crippen LogP contribution in [0.3, 0.4) is 0 Å². The third-order valence-corrected chi connectivity index (χ3v) is 9.18. The minimum absolute atomic E-state index is 0.117. The second kappa shape index (κ2) is 12.7. The van der Waals surface area contributed by atoms with Gasteiger partial charge in [0.25, 0.3) is 0 Å². The van der Waals surface area contributed by atoms with Gasteiger partial charge in [-0.15, -0.1) is 0 Å². The van der Waals surface area contributed by atoms with Crippen LogP contribution < -0.4 is 14.4 Å². The van der Waals surface area contributed by atoms with E-state index in [0.717, 1.165) is 89.5 Å². The van der Waals surface area contributed by atoms with Crippen LogP contribution in [0.5, 0.6) is 11.8 Å². The van der Waals surface area contributed by atoms with Crippen LogP contribution in [0.1, 0.15) is 47.0 Å². The van der Waals surface area contributed by atoms with Gasteiger partial charge in [-0.05, 0) is 69.0 Å². The number of hydrogen-bond donors (Lipinski definition) is 0. The number of rotatable bonds is 8. The van der Waals surface area contributed by atoms with Crippen LogP contribution in [-0.2, 0) is 9.47 Å². The van der Waals surface area contributed by atoms with Crippen molar-refractivity contribution >= 4 is 50.3 Å². The summed E-state index contributed by atoms with van der Waals surface area (Å²) in [5.74, 6) is 1.39. The van der Waals surface area contributed by atoms with Crippen molar-refractivity contribution in [2.24, 2.45) is 5.41 Å². The van der Waals surface area contributed by atoms with Gasteiger partial charge < -0.3 is 28.7 Å². The monoisotopic (exact) mass is 653 g/mol. The van der Waals surface area contributed by atoms with Gasteiger partial charge in [0.15, 0.2) is 5.75 Å². The highest BCUT2D eigenvalue weighted by Crippen LogP contribution is 2.45. The Hall–Kier alpha value is -2.08. The highest BCUT2D eigenvalue weighted by atomic mass is 79.9. The topological polar surface area (TPSA) is 89.5 Å². The zero-order chi connectivity index (χ0) is 29.2. The second-order valence-corrected chi connectivity index (χ2v) is 13.3. The van der Waals surface area contributed by atoms with Gasteiger partial charge in [-0.25, -0.2) is 4.79 Å². The summed E-state index contributed by atoms with van der Waals surface area (Å²) in [5.41, 5.74) is 0.305. The molecular weight excluding hydrogens is 614 g/mol. The number of benzene rings is 1. The molecule has 1 aromatic heterocycles. The highest BCUT2D eigenvalue weighted by Gasteiger charge is 2.48. The summed E-state index contributed by atoms with van der Waals surface area (Å²) in [6.45, 7) is 16.1. The van der Waals surface area contributed by atoms with Crippen LogP contribution in [0.25, 0.3) is 10.9 Å². The van der Waals surface area contributed by atoms with Crippen LogP contribution in [-0.4, -0.2) is 104 Å². The fraction of sp³-hybridized carbons (Fsp3) is 0.690. The Balaban J connectivity index is 1.31. The molecule has 5 rings (SSSR count). The van der Waals surface area contributed by atoms with Crippen molar-refractivity contribution in [3.8, 4) is 11.8 Å². The fourth-order valence-corrected chi connectivity index (χ4v) is 6.34. The van der Waals surface area contributed by atoms with E-state index in [0.29, 0.717) is 40.0 Å². The number of amides is 1. The third-order valence-electron chi connectivity index (χ3n) is 7.87. The molecule has 4 heterocycles. The number of nitrogens with zero attached hydrogens (tertiary/aromatic N) is 5. The number of fused-ring (bicyclic) bond motifs is 1. The fourth-order valence-electron chi connectivity index (χ4n) is 5.73. The number of likely N-dealkylation sites (tertiary alicyclic amines) is 1. The van der Waals surface area contributed by atoms with Crippen LogP contribution in [0.15, 0.2) is 10.5 Å². The van der Waals surface area contributed by atoms with Crippen molar-refractivity contribution in [1.82, 2.24) is 19.8 Å². The first kappa shape index (κ1) is 30.4. The number of morpholine rings is 1. The van der Waals surface area contributed by atoms with Gasteiger partial charge >= 0.3 is 12.1 Å². The van der Waals surface area contributed by atoms with Crippen LogP contribution in [0, 0.1) is 5.41 Å². The molecule has 0 bridgehead atoms. The number of aromatic nitrogens is 2. The molecule has 0 unspecified atom stereocenters. The molecule has 3 aliphatic heterocycles. The number of anilines is 1. The van der Waals surface area contributed by atoms with E-state index in [4.69, 9.17) is 40.5 Å². The minimum atomic E-state index is -0.490. The van der Waals surface area contributed by atoms with E-state index in [-0.39, 0.29) is 11.5 Å². The molecule has 2 aromatic rings. The van der Waals surface area contributed by atoms with Crippen molar-refractivity contribution in [2.75, 3.05) is 77.1 Å². The zero-order valence-corrected chi connectivity index (χ0v) is 26.9. The van der Waals surface area contributed by atoms with Gasteiger partial charge in [0, 0.05) is 56.6 Å². The number of carbonyl (C=O) groups excluding carboxylic acids is 1. The van der Waals surface area contributed by atoms with Crippen LogP contribution in [0.4, 0.5) is 10.6 Å². The van der Waals surface area contributed by atoms with E-state index in [2.05, 4.69) is 25.7 Å². The Morgan fingerprint density at radius 3 is 2.49 bits per heavy atom. The molecule has 0 atom stereocenters. The average Bonchev–Trinajstić information content (AvgIpc) is 2.92. The van der Waals surface area contributed by atoms with Crippen molar-refractivity contribution in [3.05, 3.63) is 15.6 Å². The van der Waals surface area contributed by atoms with Gasteiger partial charge in [-0.3, -0.25) is 4.90 Å². The molecule has 0 saturated carbocycles. The van der Waals surface area contributed by atoms with E-state index in [1.165, 1.54) is 0 Å². The summed E-state index contributed by atoms with van der Waals surface area (Å²) in [5, 5.41) is 1.38. The molecule has 3 aliphatic rings. The maximum absolute atomic E-state index is 12.5. The summed E-state index contributed by atoms with van der Waals surface area (Å²) < 4.78 is 23.8. The van der Waals surface area contributed by atoms with Gasteiger partial charge in [0.1, 0.15) is 16.9 Å². The SMILES string of the molecule is CCOc1c(Br)c(Cl)cc2c(N3CCC4(CC3)CN(C(=O)OC(C)(C)C)C4)nc(OCCCN3CCOCC3)nc12. The summed E-state index contributed by atoms with van der Waals surface area (Å²) in [4.78, 5) is 28.7. The van der Waals surface area contributed by atoms with Gasteiger partial charge in [-0.2, -0.15) is 9.97 Å². The average molecular weight is 655 g/mol. The summed E-state index contributed by atoms with van der Waals surface area (Å²) in [6, 6.07) is 2.24. The number of hydrogen-bond acceptors (Lipinski definition) is 9. The van der Waals surface area contributed by atoms with E-state index in [9.17, 15) is 4.79 Å². The smallest absolute Gasteiger partial charge is 0.410 e. The first-order valence-corrected chi connectivity index (χ1v) is 15.7. The lowest BCUT2D eigenvalue weighted by Gasteiger charge is -2.53. The first-order valence-electron chi connectivity index (χ1n) is 14.6. The molecular formula is C29H41BrClN5O5. The lowest BCUT2D eigenvalue weighted by atomic mass is 9.72. The molecule has 10 nitrogen and oxygen atoms in total. The minimum Gasteiger partial charge on any atom is -0.490 e. The van der Waals surface area contributed by atoms with Gasteiger partial charge in [0.2, 0.25) is 0 Å². The zero-order valence-electron chi connectivity index (χ0n) is 24.5. The molecule has 3 fully saturated rings. The molecule has 0 aliphatic carbocycles. The first-order chi connectivity index (χ1) is 19.6. The molecule has 3 saturated heterocycles. The standard InChI is InChI=1S/C29H41BrClN5O5/c1-5-39-24-22(30)21(31)17-20-23(24)32-26(40-14-6-9-34-12-15-38-16-13-34)33-25(20)35-10-7-29(8-11-35)18-36(19-29)27(37)41-28(2,3)4/h17H,5-16,18-19H2,1-4H3. The normalized spacial score (nSPS) is 19.4. The lowest BCUT2D eigenvalue weighted by Crippen LogP contribution is -2.62. The Kier molecular flexibility index (Phi) is 9.37.